The van der Waals surface area contributed by atoms with Gasteiger partial charge in [0.05, 0.1) is 5.69 Å². The van der Waals surface area contributed by atoms with Crippen molar-refractivity contribution in [3.05, 3.63) is 36.8 Å². The molecule has 2 aromatic heterocycles. The van der Waals surface area contributed by atoms with Crippen LogP contribution in [-0.4, -0.2) is 33.8 Å². The zero-order valence-corrected chi connectivity index (χ0v) is 10.4. The predicted octanol–water partition coefficient (Wildman–Crippen LogP) is 0.815. The van der Waals surface area contributed by atoms with Crippen LogP contribution in [0.2, 0.25) is 0 Å². The number of rotatable bonds is 4. The molecule has 0 spiro atoms. The lowest BCUT2D eigenvalue weighted by atomic mass is 9.99. The molecule has 0 unspecified atom stereocenters. The van der Waals surface area contributed by atoms with E-state index in [2.05, 4.69) is 20.7 Å². The number of pyridine rings is 1. The molecule has 0 aromatic carbocycles. The highest BCUT2D eigenvalue weighted by atomic mass is 16.1. The summed E-state index contributed by atoms with van der Waals surface area (Å²) in [4.78, 5) is 16.2. The van der Waals surface area contributed by atoms with Gasteiger partial charge in [-0.25, -0.2) is 9.67 Å². The Hall–Kier alpha value is -2.21. The van der Waals surface area contributed by atoms with Crippen molar-refractivity contribution in [2.75, 3.05) is 18.4 Å². The molecule has 3 heterocycles. The lowest BCUT2D eigenvalue weighted by Crippen LogP contribution is -2.43. The van der Waals surface area contributed by atoms with Gasteiger partial charge in [0, 0.05) is 25.0 Å². The van der Waals surface area contributed by atoms with Gasteiger partial charge < -0.3 is 10.6 Å². The molecule has 98 valence electrons. The zero-order valence-electron chi connectivity index (χ0n) is 10.4. The summed E-state index contributed by atoms with van der Waals surface area (Å²) >= 11 is 0. The topological polar surface area (TPSA) is 71.8 Å². The maximum absolute atomic E-state index is 11.9. The van der Waals surface area contributed by atoms with Crippen LogP contribution in [-0.2, 0) is 4.79 Å². The van der Waals surface area contributed by atoms with Crippen LogP contribution < -0.4 is 10.6 Å². The second-order valence-electron chi connectivity index (χ2n) is 4.60. The van der Waals surface area contributed by atoms with Gasteiger partial charge in [-0.15, -0.1) is 0 Å². The van der Waals surface area contributed by atoms with Crippen LogP contribution in [0.25, 0.3) is 5.82 Å². The molecule has 1 amide bonds. The molecule has 0 bridgehead atoms. The van der Waals surface area contributed by atoms with E-state index in [0.717, 1.165) is 13.1 Å². The average Bonchev–Trinajstić information content (AvgIpc) is 2.88. The highest BCUT2D eigenvalue weighted by Gasteiger charge is 2.20. The maximum atomic E-state index is 11.9. The predicted molar refractivity (Wildman–Crippen MR) is 71.0 cm³/mol. The maximum Gasteiger partial charge on any atom is 0.224 e. The van der Waals surface area contributed by atoms with E-state index in [1.54, 1.807) is 29.3 Å². The number of hydrogen-bond donors (Lipinski definition) is 2. The van der Waals surface area contributed by atoms with Crippen LogP contribution in [0.4, 0.5) is 5.69 Å². The summed E-state index contributed by atoms with van der Waals surface area (Å²) in [5.74, 6) is 1.10. The molecule has 0 aliphatic carbocycles. The van der Waals surface area contributed by atoms with Crippen molar-refractivity contribution in [3.63, 3.8) is 0 Å². The van der Waals surface area contributed by atoms with Gasteiger partial charge in [0.1, 0.15) is 0 Å². The van der Waals surface area contributed by atoms with Gasteiger partial charge in [0.2, 0.25) is 5.91 Å². The van der Waals surface area contributed by atoms with E-state index in [4.69, 9.17) is 0 Å². The molecule has 2 aromatic rings. The minimum atomic E-state index is 0.0212. The smallest absolute Gasteiger partial charge is 0.224 e. The van der Waals surface area contributed by atoms with Gasteiger partial charge >= 0.3 is 0 Å². The average molecular weight is 257 g/mol. The number of nitrogens with zero attached hydrogens (tertiary/aromatic N) is 3. The summed E-state index contributed by atoms with van der Waals surface area (Å²) < 4.78 is 1.64. The molecule has 19 heavy (non-hydrogen) atoms. The lowest BCUT2D eigenvalue weighted by molar-refractivity contribution is -0.117. The normalized spacial score (nSPS) is 14.9. The quantitative estimate of drug-likeness (QED) is 0.850. The lowest BCUT2D eigenvalue weighted by Gasteiger charge is -2.26. The SMILES string of the molecule is O=C(CC1CNC1)Nc1cccnc1-n1cccn1. The molecular weight excluding hydrogens is 242 g/mol. The van der Waals surface area contributed by atoms with Crippen LogP contribution >= 0.6 is 0 Å². The van der Waals surface area contributed by atoms with E-state index < -0.39 is 0 Å². The largest absolute Gasteiger partial charge is 0.323 e. The minimum absolute atomic E-state index is 0.0212. The number of amides is 1. The first-order valence-electron chi connectivity index (χ1n) is 6.28. The molecule has 6 nitrogen and oxygen atoms in total. The summed E-state index contributed by atoms with van der Waals surface area (Å²) in [7, 11) is 0. The standard InChI is InChI=1S/C13H15N5O/c19-12(7-10-8-14-9-10)17-11-3-1-4-15-13(11)18-6-2-5-16-18/h1-6,10,14H,7-9H2,(H,17,19). The van der Waals surface area contributed by atoms with Crippen LogP contribution in [0.5, 0.6) is 0 Å². The Morgan fingerprint density at radius 2 is 2.32 bits per heavy atom. The van der Waals surface area contributed by atoms with Gasteiger partial charge in [-0.05, 0) is 37.2 Å². The number of carbonyl (C=O) groups excluding carboxylic acids is 1. The van der Waals surface area contributed by atoms with Gasteiger partial charge in [-0.1, -0.05) is 0 Å². The first kappa shape index (κ1) is 11.9. The molecule has 1 aliphatic rings. The Labute approximate surface area is 110 Å². The molecule has 0 atom stereocenters. The summed E-state index contributed by atoms with van der Waals surface area (Å²) in [6, 6.07) is 5.45. The molecule has 0 radical (unpaired) electrons. The molecule has 1 fully saturated rings. The Bertz CT molecular complexity index is 562. The van der Waals surface area contributed by atoms with Gasteiger partial charge in [-0.3, -0.25) is 4.79 Å². The zero-order chi connectivity index (χ0) is 13.1. The van der Waals surface area contributed by atoms with Crippen molar-refractivity contribution in [2.45, 2.75) is 6.42 Å². The van der Waals surface area contributed by atoms with Crippen LogP contribution in [0.1, 0.15) is 6.42 Å². The van der Waals surface area contributed by atoms with E-state index in [0.29, 0.717) is 23.8 Å². The fourth-order valence-electron chi connectivity index (χ4n) is 2.03. The second kappa shape index (κ2) is 5.19. The van der Waals surface area contributed by atoms with Crippen molar-refractivity contribution in [3.8, 4) is 5.82 Å². The van der Waals surface area contributed by atoms with Gasteiger partial charge in [0.15, 0.2) is 5.82 Å². The number of carbonyl (C=O) groups is 1. The summed E-state index contributed by atoms with van der Waals surface area (Å²) in [6.45, 7) is 1.85. The van der Waals surface area contributed by atoms with E-state index >= 15 is 0 Å². The number of nitrogens with one attached hydrogen (secondary N) is 2. The molecule has 2 N–H and O–H groups in total. The number of anilines is 1. The fourth-order valence-corrected chi connectivity index (χ4v) is 2.03. The third-order valence-electron chi connectivity index (χ3n) is 3.12. The molecule has 3 rings (SSSR count). The third kappa shape index (κ3) is 2.63. The Morgan fingerprint density at radius 3 is 3.00 bits per heavy atom. The third-order valence-corrected chi connectivity index (χ3v) is 3.12. The molecule has 1 aliphatic heterocycles. The van der Waals surface area contributed by atoms with Crippen molar-refractivity contribution < 1.29 is 4.79 Å². The number of hydrogen-bond acceptors (Lipinski definition) is 4. The van der Waals surface area contributed by atoms with Crippen LogP contribution in [0.3, 0.4) is 0 Å². The Morgan fingerprint density at radius 1 is 1.42 bits per heavy atom. The monoisotopic (exact) mass is 257 g/mol. The highest BCUT2D eigenvalue weighted by Crippen LogP contribution is 2.17. The Kier molecular flexibility index (Phi) is 3.24. The Balaban J connectivity index is 1.75. The van der Waals surface area contributed by atoms with Crippen LogP contribution in [0.15, 0.2) is 36.8 Å². The van der Waals surface area contributed by atoms with E-state index in [9.17, 15) is 4.79 Å². The van der Waals surface area contributed by atoms with Gasteiger partial charge in [0.25, 0.3) is 0 Å². The van der Waals surface area contributed by atoms with Crippen LogP contribution in [0, 0.1) is 5.92 Å². The first-order chi connectivity index (χ1) is 9.33. The van der Waals surface area contributed by atoms with Crippen molar-refractivity contribution >= 4 is 11.6 Å². The summed E-state index contributed by atoms with van der Waals surface area (Å²) in [5, 5.41) is 10.2. The van der Waals surface area contributed by atoms with E-state index in [1.807, 2.05) is 12.1 Å². The van der Waals surface area contributed by atoms with E-state index in [-0.39, 0.29) is 5.91 Å². The summed E-state index contributed by atoms with van der Waals surface area (Å²) in [5.41, 5.74) is 0.684. The number of aromatic nitrogens is 3. The first-order valence-corrected chi connectivity index (χ1v) is 6.28. The van der Waals surface area contributed by atoms with Gasteiger partial charge in [-0.2, -0.15) is 5.10 Å². The van der Waals surface area contributed by atoms with Crippen molar-refractivity contribution in [1.29, 1.82) is 0 Å². The second-order valence-corrected chi connectivity index (χ2v) is 4.60. The van der Waals surface area contributed by atoms with Crippen molar-refractivity contribution in [2.24, 2.45) is 5.92 Å². The highest BCUT2D eigenvalue weighted by molar-refractivity contribution is 5.92. The fraction of sp³-hybridized carbons (Fsp3) is 0.308. The van der Waals surface area contributed by atoms with E-state index in [1.165, 1.54) is 0 Å². The molecular formula is C13H15N5O. The molecule has 0 saturated carbocycles. The minimum Gasteiger partial charge on any atom is -0.323 e. The molecule has 6 heteroatoms. The molecule has 1 saturated heterocycles. The van der Waals surface area contributed by atoms with Crippen molar-refractivity contribution in [1.82, 2.24) is 20.1 Å². The summed E-state index contributed by atoms with van der Waals surface area (Å²) in [6.07, 6.45) is 5.71.